The van der Waals surface area contributed by atoms with E-state index >= 15 is 0 Å². The average Bonchev–Trinajstić information content (AvgIpc) is 3.23. The normalized spacial score (nSPS) is 11.1. The second-order valence-electron chi connectivity index (χ2n) is 8.05. The third kappa shape index (κ3) is 3.32. The van der Waals surface area contributed by atoms with E-state index in [4.69, 9.17) is 0 Å². The van der Waals surface area contributed by atoms with Gasteiger partial charge in [0.2, 0.25) is 0 Å². The van der Waals surface area contributed by atoms with Crippen LogP contribution in [0.25, 0.3) is 44.1 Å². The highest BCUT2D eigenvalue weighted by molar-refractivity contribution is 6.08. The predicted molar refractivity (Wildman–Crippen MR) is 136 cm³/mol. The second kappa shape index (κ2) is 7.75. The van der Waals surface area contributed by atoms with E-state index in [1.807, 2.05) is 6.07 Å². The van der Waals surface area contributed by atoms with Gasteiger partial charge in [-0.1, -0.05) is 84.9 Å². The zero-order valence-corrected chi connectivity index (χ0v) is 17.5. The molecule has 0 aliphatic carbocycles. The van der Waals surface area contributed by atoms with E-state index in [2.05, 4.69) is 126 Å². The summed E-state index contributed by atoms with van der Waals surface area (Å²) >= 11 is 0. The van der Waals surface area contributed by atoms with Gasteiger partial charge in [-0.15, -0.1) is 0 Å². The van der Waals surface area contributed by atoms with Crippen LogP contribution >= 0.6 is 0 Å². The van der Waals surface area contributed by atoms with Crippen molar-refractivity contribution in [3.05, 3.63) is 121 Å². The molecule has 2 N–H and O–H groups in total. The van der Waals surface area contributed by atoms with Crippen LogP contribution in [0.15, 0.2) is 121 Å². The Hall–Kier alpha value is -4.30. The molecule has 0 unspecified atom stereocenters. The van der Waals surface area contributed by atoms with Crippen LogP contribution in [0.4, 0.5) is 11.4 Å². The molecule has 0 atom stereocenters. The Morgan fingerprint density at radius 1 is 0.469 bits per heavy atom. The molecule has 32 heavy (non-hydrogen) atoms. The molecular formula is C30H22N2. The minimum Gasteiger partial charge on any atom is -0.355 e. The van der Waals surface area contributed by atoms with Gasteiger partial charge in [0, 0.05) is 38.7 Å². The standard InChI is InChI=1S/C30H22N2/c1-3-9-21(10-4-1)27-19-22(16-18-29(27)31-24-11-5-2-6-12-24)23-15-17-26-25-13-7-8-14-28(25)32-30(26)20-23/h1-20,31-32H. The molecule has 0 aliphatic rings. The smallest absolute Gasteiger partial charge is 0.0471 e. The number of aromatic nitrogens is 1. The monoisotopic (exact) mass is 410 g/mol. The fourth-order valence-corrected chi connectivity index (χ4v) is 4.40. The first-order valence-electron chi connectivity index (χ1n) is 10.9. The number of benzene rings is 5. The summed E-state index contributed by atoms with van der Waals surface area (Å²) in [6.07, 6.45) is 0. The number of H-pyrrole nitrogens is 1. The second-order valence-corrected chi connectivity index (χ2v) is 8.05. The van der Waals surface area contributed by atoms with Gasteiger partial charge in [0.1, 0.15) is 0 Å². The van der Waals surface area contributed by atoms with Crippen molar-refractivity contribution in [1.29, 1.82) is 0 Å². The number of anilines is 2. The summed E-state index contributed by atoms with van der Waals surface area (Å²) in [5, 5.41) is 6.12. The van der Waals surface area contributed by atoms with E-state index in [1.165, 1.54) is 38.5 Å². The van der Waals surface area contributed by atoms with Crippen LogP contribution in [0, 0.1) is 0 Å². The highest BCUT2D eigenvalue weighted by Gasteiger charge is 2.10. The molecule has 6 aromatic rings. The maximum absolute atomic E-state index is 3.59. The first-order chi connectivity index (χ1) is 15.8. The summed E-state index contributed by atoms with van der Waals surface area (Å²) in [6.45, 7) is 0. The summed E-state index contributed by atoms with van der Waals surface area (Å²) in [5.41, 5.74) is 9.29. The lowest BCUT2D eigenvalue weighted by atomic mass is 9.96. The Balaban J connectivity index is 1.47. The molecule has 0 bridgehead atoms. The van der Waals surface area contributed by atoms with Crippen LogP contribution in [0.1, 0.15) is 0 Å². The van der Waals surface area contributed by atoms with E-state index < -0.39 is 0 Å². The fourth-order valence-electron chi connectivity index (χ4n) is 4.40. The van der Waals surface area contributed by atoms with Crippen molar-refractivity contribution >= 4 is 33.2 Å². The average molecular weight is 411 g/mol. The quantitative estimate of drug-likeness (QED) is 0.300. The van der Waals surface area contributed by atoms with Crippen molar-refractivity contribution in [2.24, 2.45) is 0 Å². The van der Waals surface area contributed by atoms with Crippen LogP contribution in [-0.4, -0.2) is 4.98 Å². The van der Waals surface area contributed by atoms with Crippen molar-refractivity contribution in [3.63, 3.8) is 0 Å². The van der Waals surface area contributed by atoms with Gasteiger partial charge in [-0.3, -0.25) is 0 Å². The van der Waals surface area contributed by atoms with Gasteiger partial charge in [-0.2, -0.15) is 0 Å². The molecule has 0 aliphatic heterocycles. The first-order valence-corrected chi connectivity index (χ1v) is 10.9. The van der Waals surface area contributed by atoms with Crippen molar-refractivity contribution in [1.82, 2.24) is 4.98 Å². The SMILES string of the molecule is c1ccc(Nc2ccc(-c3ccc4c(c3)[nH]c3ccccc34)cc2-c2ccccc2)cc1. The molecule has 0 spiro atoms. The van der Waals surface area contributed by atoms with Crippen molar-refractivity contribution in [3.8, 4) is 22.3 Å². The Morgan fingerprint density at radius 2 is 1.12 bits per heavy atom. The maximum atomic E-state index is 3.59. The minimum atomic E-state index is 1.08. The largest absolute Gasteiger partial charge is 0.355 e. The third-order valence-corrected chi connectivity index (χ3v) is 6.00. The van der Waals surface area contributed by atoms with Gasteiger partial charge in [0.15, 0.2) is 0 Å². The number of rotatable bonds is 4. The molecule has 6 rings (SSSR count). The Labute approximate surface area is 187 Å². The van der Waals surface area contributed by atoms with Gasteiger partial charge in [-0.05, 0) is 53.1 Å². The third-order valence-electron chi connectivity index (χ3n) is 6.00. The zero-order chi connectivity index (χ0) is 21.3. The van der Waals surface area contributed by atoms with Gasteiger partial charge in [0.05, 0.1) is 0 Å². The molecule has 152 valence electrons. The molecule has 0 saturated heterocycles. The number of para-hydroxylation sites is 2. The number of fused-ring (bicyclic) bond motifs is 3. The fraction of sp³-hybridized carbons (Fsp3) is 0. The Bertz CT molecular complexity index is 1530. The van der Waals surface area contributed by atoms with E-state index in [1.54, 1.807) is 0 Å². The molecule has 0 fully saturated rings. The van der Waals surface area contributed by atoms with E-state index in [0.717, 1.165) is 16.9 Å². The van der Waals surface area contributed by atoms with Crippen LogP contribution in [0.5, 0.6) is 0 Å². The molecule has 1 heterocycles. The predicted octanol–water partition coefficient (Wildman–Crippen LogP) is 8.40. The molecule has 2 heteroatoms. The summed E-state index contributed by atoms with van der Waals surface area (Å²) < 4.78 is 0. The van der Waals surface area contributed by atoms with Crippen LogP contribution < -0.4 is 5.32 Å². The van der Waals surface area contributed by atoms with Gasteiger partial charge in [-0.25, -0.2) is 0 Å². The topological polar surface area (TPSA) is 27.8 Å². The van der Waals surface area contributed by atoms with Gasteiger partial charge >= 0.3 is 0 Å². The highest BCUT2D eigenvalue weighted by Crippen LogP contribution is 2.36. The van der Waals surface area contributed by atoms with Crippen molar-refractivity contribution in [2.45, 2.75) is 0 Å². The van der Waals surface area contributed by atoms with Crippen LogP contribution in [-0.2, 0) is 0 Å². The summed E-state index contributed by atoms with van der Waals surface area (Å²) in [6, 6.07) is 42.7. The molecule has 0 amide bonds. The summed E-state index contributed by atoms with van der Waals surface area (Å²) in [5.74, 6) is 0. The molecule has 0 saturated carbocycles. The van der Waals surface area contributed by atoms with Gasteiger partial charge in [0.25, 0.3) is 0 Å². The molecule has 5 aromatic carbocycles. The Kier molecular flexibility index (Phi) is 4.47. The van der Waals surface area contributed by atoms with Crippen LogP contribution in [0.3, 0.4) is 0 Å². The lowest BCUT2D eigenvalue weighted by Crippen LogP contribution is -1.94. The minimum absolute atomic E-state index is 1.08. The lowest BCUT2D eigenvalue weighted by molar-refractivity contribution is 1.52. The number of aromatic amines is 1. The maximum Gasteiger partial charge on any atom is 0.0471 e. The lowest BCUT2D eigenvalue weighted by Gasteiger charge is -2.15. The van der Waals surface area contributed by atoms with Crippen LogP contribution in [0.2, 0.25) is 0 Å². The number of nitrogens with one attached hydrogen (secondary N) is 2. The Morgan fingerprint density at radius 3 is 1.97 bits per heavy atom. The summed E-state index contributed by atoms with van der Waals surface area (Å²) in [4.78, 5) is 3.57. The zero-order valence-electron chi connectivity index (χ0n) is 17.5. The molecule has 2 nitrogen and oxygen atoms in total. The molecule has 0 radical (unpaired) electrons. The van der Waals surface area contributed by atoms with E-state index in [0.29, 0.717) is 0 Å². The number of hydrogen-bond donors (Lipinski definition) is 2. The van der Waals surface area contributed by atoms with E-state index in [-0.39, 0.29) is 0 Å². The molecule has 1 aromatic heterocycles. The molecular weight excluding hydrogens is 388 g/mol. The van der Waals surface area contributed by atoms with Crippen molar-refractivity contribution < 1.29 is 0 Å². The van der Waals surface area contributed by atoms with E-state index in [9.17, 15) is 0 Å². The number of hydrogen-bond acceptors (Lipinski definition) is 1. The first kappa shape index (κ1) is 18.5. The van der Waals surface area contributed by atoms with Gasteiger partial charge < -0.3 is 10.3 Å². The van der Waals surface area contributed by atoms with Crippen molar-refractivity contribution in [2.75, 3.05) is 5.32 Å². The summed E-state index contributed by atoms with van der Waals surface area (Å²) in [7, 11) is 0. The highest BCUT2D eigenvalue weighted by atomic mass is 14.9.